The maximum atomic E-state index is 13.8. The molecular formula is C15H17F2N3O3. The lowest BCUT2D eigenvalue weighted by Gasteiger charge is -2.06. The van der Waals surface area contributed by atoms with E-state index in [9.17, 15) is 13.6 Å². The minimum Gasteiger partial charge on any atom is -0.463 e. The quantitative estimate of drug-likeness (QED) is 0.763. The first kappa shape index (κ1) is 16.9. The van der Waals surface area contributed by atoms with Gasteiger partial charge in [0.2, 0.25) is 0 Å². The van der Waals surface area contributed by atoms with Crippen molar-refractivity contribution in [1.29, 1.82) is 0 Å². The first-order valence-electron chi connectivity index (χ1n) is 7.01. The zero-order valence-electron chi connectivity index (χ0n) is 13.0. The Morgan fingerprint density at radius 1 is 1.35 bits per heavy atom. The highest BCUT2D eigenvalue weighted by Gasteiger charge is 2.16. The van der Waals surface area contributed by atoms with Crippen LogP contribution in [0.3, 0.4) is 0 Å². The first-order valence-corrected chi connectivity index (χ1v) is 7.01. The number of rotatable bonds is 6. The zero-order valence-corrected chi connectivity index (χ0v) is 13.0. The van der Waals surface area contributed by atoms with Gasteiger partial charge in [-0.2, -0.15) is 4.98 Å². The number of benzene rings is 1. The molecule has 1 heterocycles. The van der Waals surface area contributed by atoms with Crippen molar-refractivity contribution >= 4 is 5.97 Å². The van der Waals surface area contributed by atoms with Crippen LogP contribution in [-0.4, -0.2) is 33.9 Å². The van der Waals surface area contributed by atoms with Crippen LogP contribution in [0.15, 0.2) is 18.2 Å². The highest BCUT2D eigenvalue weighted by Crippen LogP contribution is 2.22. The number of ether oxygens (including phenoxy) is 2. The van der Waals surface area contributed by atoms with Crippen molar-refractivity contribution in [1.82, 2.24) is 14.8 Å². The summed E-state index contributed by atoms with van der Waals surface area (Å²) in [5.41, 5.74) is 0.0821. The smallest absolute Gasteiger partial charge is 0.344 e. The summed E-state index contributed by atoms with van der Waals surface area (Å²) in [5.74, 6) is -1.60. The van der Waals surface area contributed by atoms with Crippen LogP contribution in [0.1, 0.15) is 13.8 Å². The Labute approximate surface area is 132 Å². The van der Waals surface area contributed by atoms with Crippen LogP contribution < -0.4 is 4.74 Å². The maximum Gasteiger partial charge on any atom is 0.344 e. The standard InChI is InChI=1S/C15H17F2N3O3/c1-9(2)7-22-13(21)8-23-15-18-14(20(3)19-15)11-5-4-10(16)6-12(11)17/h4-6,9H,7-8H2,1-3H3. The predicted octanol–water partition coefficient (Wildman–Crippen LogP) is 2.34. The molecule has 1 aromatic carbocycles. The number of hydrogen-bond acceptors (Lipinski definition) is 5. The van der Waals surface area contributed by atoms with E-state index in [1.54, 1.807) is 0 Å². The van der Waals surface area contributed by atoms with E-state index in [1.807, 2.05) is 13.8 Å². The van der Waals surface area contributed by atoms with Crippen molar-refractivity contribution in [2.75, 3.05) is 13.2 Å². The summed E-state index contributed by atoms with van der Waals surface area (Å²) in [5, 5.41) is 3.93. The van der Waals surface area contributed by atoms with Crippen LogP contribution in [0.2, 0.25) is 0 Å². The normalized spacial score (nSPS) is 10.9. The third kappa shape index (κ3) is 4.48. The largest absolute Gasteiger partial charge is 0.463 e. The zero-order chi connectivity index (χ0) is 17.0. The summed E-state index contributed by atoms with van der Waals surface area (Å²) in [7, 11) is 1.54. The summed E-state index contributed by atoms with van der Waals surface area (Å²) in [4.78, 5) is 15.5. The van der Waals surface area contributed by atoms with Gasteiger partial charge in [0.15, 0.2) is 12.4 Å². The van der Waals surface area contributed by atoms with Crippen molar-refractivity contribution in [3.8, 4) is 17.4 Å². The Bertz CT molecular complexity index is 701. The average Bonchev–Trinajstić information content (AvgIpc) is 2.84. The van der Waals surface area contributed by atoms with Gasteiger partial charge in [0.25, 0.3) is 0 Å². The van der Waals surface area contributed by atoms with E-state index >= 15 is 0 Å². The van der Waals surface area contributed by atoms with Crippen LogP contribution in [-0.2, 0) is 16.6 Å². The van der Waals surface area contributed by atoms with Crippen molar-refractivity contribution < 1.29 is 23.0 Å². The number of aromatic nitrogens is 3. The summed E-state index contributed by atoms with van der Waals surface area (Å²) in [6.07, 6.45) is 0. The van der Waals surface area contributed by atoms with Gasteiger partial charge < -0.3 is 9.47 Å². The number of aryl methyl sites for hydroxylation is 1. The molecule has 0 atom stereocenters. The summed E-state index contributed by atoms with van der Waals surface area (Å²) < 4.78 is 38.1. The minimum absolute atomic E-state index is 0.0821. The summed E-state index contributed by atoms with van der Waals surface area (Å²) >= 11 is 0. The number of hydrogen-bond donors (Lipinski definition) is 0. The van der Waals surface area contributed by atoms with Crippen molar-refractivity contribution in [2.45, 2.75) is 13.8 Å². The highest BCUT2D eigenvalue weighted by atomic mass is 19.1. The van der Waals surface area contributed by atoms with E-state index in [4.69, 9.17) is 9.47 Å². The van der Waals surface area contributed by atoms with Crippen LogP contribution in [0.25, 0.3) is 11.4 Å². The van der Waals surface area contributed by atoms with E-state index in [2.05, 4.69) is 10.1 Å². The average molecular weight is 325 g/mol. The second-order valence-electron chi connectivity index (χ2n) is 5.33. The highest BCUT2D eigenvalue weighted by molar-refractivity contribution is 5.71. The molecule has 2 rings (SSSR count). The Kier molecular flexibility index (Phi) is 5.25. The topological polar surface area (TPSA) is 66.2 Å². The molecule has 8 heteroatoms. The Hall–Kier alpha value is -2.51. The van der Waals surface area contributed by atoms with Gasteiger partial charge in [0.05, 0.1) is 12.2 Å². The van der Waals surface area contributed by atoms with E-state index < -0.39 is 17.6 Å². The molecule has 0 aliphatic carbocycles. The number of carbonyl (C=O) groups is 1. The molecule has 0 spiro atoms. The Balaban J connectivity index is 2.05. The van der Waals surface area contributed by atoms with E-state index in [-0.39, 0.29) is 29.9 Å². The Morgan fingerprint density at radius 2 is 2.09 bits per heavy atom. The lowest BCUT2D eigenvalue weighted by Crippen LogP contribution is -2.17. The van der Waals surface area contributed by atoms with Gasteiger partial charge in [-0.15, -0.1) is 5.10 Å². The molecule has 0 saturated carbocycles. The molecule has 0 unspecified atom stereocenters. The monoisotopic (exact) mass is 325 g/mol. The number of carbonyl (C=O) groups excluding carboxylic acids is 1. The van der Waals surface area contributed by atoms with Crippen molar-refractivity contribution in [2.24, 2.45) is 13.0 Å². The molecule has 23 heavy (non-hydrogen) atoms. The molecule has 0 radical (unpaired) electrons. The molecule has 124 valence electrons. The lowest BCUT2D eigenvalue weighted by atomic mass is 10.2. The predicted molar refractivity (Wildman–Crippen MR) is 77.6 cm³/mol. The molecule has 0 amide bonds. The lowest BCUT2D eigenvalue weighted by molar-refractivity contribution is -0.147. The molecule has 2 aromatic rings. The molecule has 0 bridgehead atoms. The molecule has 0 aliphatic rings. The number of esters is 1. The minimum atomic E-state index is -0.761. The maximum absolute atomic E-state index is 13.8. The van der Waals surface area contributed by atoms with E-state index in [1.165, 1.54) is 17.8 Å². The third-order valence-corrected chi connectivity index (χ3v) is 2.81. The molecule has 1 aromatic heterocycles. The molecule has 0 saturated heterocycles. The van der Waals surface area contributed by atoms with Gasteiger partial charge in [0, 0.05) is 13.1 Å². The van der Waals surface area contributed by atoms with Crippen LogP contribution in [0.4, 0.5) is 8.78 Å². The number of halogens is 2. The molecule has 0 aliphatic heterocycles. The van der Waals surface area contributed by atoms with Crippen LogP contribution in [0, 0.1) is 17.6 Å². The Morgan fingerprint density at radius 3 is 2.74 bits per heavy atom. The van der Waals surface area contributed by atoms with Crippen molar-refractivity contribution in [3.63, 3.8) is 0 Å². The third-order valence-electron chi connectivity index (χ3n) is 2.81. The SMILES string of the molecule is CC(C)COC(=O)COc1nc(-c2ccc(F)cc2F)n(C)n1. The first-order chi connectivity index (χ1) is 10.9. The van der Waals surface area contributed by atoms with Crippen LogP contribution in [0.5, 0.6) is 6.01 Å². The van der Waals surface area contributed by atoms with Gasteiger partial charge in [-0.3, -0.25) is 0 Å². The van der Waals surface area contributed by atoms with Gasteiger partial charge in [-0.05, 0) is 18.1 Å². The van der Waals surface area contributed by atoms with Gasteiger partial charge in [0.1, 0.15) is 11.6 Å². The van der Waals surface area contributed by atoms with Gasteiger partial charge >= 0.3 is 12.0 Å². The molecule has 0 fully saturated rings. The molecule has 0 N–H and O–H groups in total. The second kappa shape index (κ2) is 7.17. The van der Waals surface area contributed by atoms with E-state index in [0.717, 1.165) is 12.1 Å². The van der Waals surface area contributed by atoms with Crippen molar-refractivity contribution in [3.05, 3.63) is 29.8 Å². The fraction of sp³-hybridized carbons (Fsp3) is 0.400. The van der Waals surface area contributed by atoms with Gasteiger partial charge in [-0.1, -0.05) is 13.8 Å². The fourth-order valence-electron chi connectivity index (χ4n) is 1.75. The number of nitrogens with zero attached hydrogens (tertiary/aromatic N) is 3. The second-order valence-corrected chi connectivity index (χ2v) is 5.33. The fourth-order valence-corrected chi connectivity index (χ4v) is 1.75. The molecule has 6 nitrogen and oxygen atoms in total. The summed E-state index contributed by atoms with van der Waals surface area (Å²) in [6.45, 7) is 3.78. The molecular weight excluding hydrogens is 308 g/mol. The summed E-state index contributed by atoms with van der Waals surface area (Å²) in [6, 6.07) is 3.05. The van der Waals surface area contributed by atoms with E-state index in [0.29, 0.717) is 6.61 Å². The van der Waals surface area contributed by atoms with Crippen LogP contribution >= 0.6 is 0 Å². The van der Waals surface area contributed by atoms with Gasteiger partial charge in [-0.25, -0.2) is 18.3 Å².